The van der Waals surface area contributed by atoms with Gasteiger partial charge >= 0.3 is 0 Å². The third kappa shape index (κ3) is 3.85. The summed E-state index contributed by atoms with van der Waals surface area (Å²) in [5, 5.41) is 0.880. The molecule has 0 aromatic heterocycles. The first-order chi connectivity index (χ1) is 13.5. The van der Waals surface area contributed by atoms with Gasteiger partial charge in [0.05, 0.1) is 18.6 Å². The third-order valence-electron chi connectivity index (χ3n) is 5.39. The number of halogens is 1. The van der Waals surface area contributed by atoms with E-state index in [0.717, 1.165) is 49.2 Å². The first-order valence-electron chi connectivity index (χ1n) is 9.53. The molecule has 1 aromatic carbocycles. The lowest BCUT2D eigenvalue weighted by molar-refractivity contribution is -0.123. The molecule has 1 aromatic rings. The van der Waals surface area contributed by atoms with Crippen molar-refractivity contribution >= 4 is 19.8 Å². The zero-order valence-corrected chi connectivity index (χ0v) is 17.2. The van der Waals surface area contributed by atoms with Crippen molar-refractivity contribution in [3.63, 3.8) is 0 Å². The minimum atomic E-state index is -0.409. The summed E-state index contributed by atoms with van der Waals surface area (Å²) in [5.74, 6) is -0.252. The largest absolute Gasteiger partial charge is 0.494 e. The van der Waals surface area contributed by atoms with Crippen LogP contribution in [0.3, 0.4) is 0 Å². The molecule has 28 heavy (non-hydrogen) atoms. The fourth-order valence-corrected chi connectivity index (χ4v) is 5.14. The molecule has 0 aliphatic carbocycles. The predicted molar refractivity (Wildman–Crippen MR) is 111 cm³/mol. The molecule has 1 fully saturated rings. The molecule has 0 spiro atoms. The van der Waals surface area contributed by atoms with E-state index in [9.17, 15) is 9.18 Å². The molecule has 1 amide bonds. The maximum absolute atomic E-state index is 14.1. The highest BCUT2D eigenvalue weighted by atomic mass is 31.1. The van der Waals surface area contributed by atoms with Crippen LogP contribution in [-0.2, 0) is 4.79 Å². The Balaban J connectivity index is 1.54. The first kappa shape index (κ1) is 19.2. The van der Waals surface area contributed by atoms with Gasteiger partial charge in [0.25, 0.3) is 5.91 Å². The number of benzene rings is 1. The Morgan fingerprint density at radius 2 is 2.07 bits per heavy atom. The number of carbonyl (C=O) groups is 1. The van der Waals surface area contributed by atoms with E-state index in [2.05, 4.69) is 29.0 Å². The van der Waals surface area contributed by atoms with Crippen molar-refractivity contribution in [2.45, 2.75) is 12.2 Å². The summed E-state index contributed by atoms with van der Waals surface area (Å²) >= 11 is 0. The number of amides is 1. The van der Waals surface area contributed by atoms with E-state index < -0.39 is 5.82 Å². The highest BCUT2D eigenvalue weighted by Crippen LogP contribution is 2.45. The van der Waals surface area contributed by atoms with Gasteiger partial charge < -0.3 is 19.4 Å². The Labute approximate surface area is 166 Å². The molecule has 1 saturated heterocycles. The highest BCUT2D eigenvalue weighted by Gasteiger charge is 2.30. The Morgan fingerprint density at radius 1 is 1.21 bits per heavy atom. The van der Waals surface area contributed by atoms with Gasteiger partial charge in [-0.15, -0.1) is 0 Å². The van der Waals surface area contributed by atoms with Crippen molar-refractivity contribution in [1.82, 2.24) is 14.7 Å². The van der Waals surface area contributed by atoms with Crippen LogP contribution in [0.5, 0.6) is 5.75 Å². The topological polar surface area (TPSA) is 36.0 Å². The molecule has 4 rings (SSSR count). The fraction of sp³-hybridized carbons (Fsp3) is 0.381. The number of allylic oxidation sites excluding steroid dienone is 1. The number of rotatable bonds is 3. The van der Waals surface area contributed by atoms with E-state index in [1.807, 2.05) is 17.2 Å². The molecule has 3 aliphatic rings. The number of nitrogens with zero attached hydrogens (tertiary/aromatic N) is 3. The Hall–Kier alpha value is -2.17. The number of carbonyl (C=O) groups excluding carboxylic acids is 1. The van der Waals surface area contributed by atoms with E-state index in [4.69, 9.17) is 4.74 Å². The molecule has 7 heteroatoms. The lowest BCUT2D eigenvalue weighted by atomic mass is 10.1. The lowest BCUT2D eigenvalue weighted by Crippen LogP contribution is -2.38. The third-order valence-corrected chi connectivity index (χ3v) is 6.90. The summed E-state index contributed by atoms with van der Waals surface area (Å²) < 4.78 is 19.1. The fourth-order valence-electron chi connectivity index (χ4n) is 3.76. The quantitative estimate of drug-likeness (QED) is 0.730. The van der Waals surface area contributed by atoms with E-state index in [1.54, 1.807) is 12.1 Å². The molecule has 3 heterocycles. The van der Waals surface area contributed by atoms with Crippen LogP contribution < -0.4 is 4.74 Å². The van der Waals surface area contributed by atoms with Gasteiger partial charge in [0.2, 0.25) is 0 Å². The minimum Gasteiger partial charge on any atom is -0.494 e. The van der Waals surface area contributed by atoms with Gasteiger partial charge in [-0.25, -0.2) is 4.39 Å². The van der Waals surface area contributed by atoms with Gasteiger partial charge in [0.15, 0.2) is 11.6 Å². The summed E-state index contributed by atoms with van der Waals surface area (Å²) in [4.78, 5) is 19.3. The number of ether oxygens (including phenoxy) is 1. The second kappa shape index (κ2) is 8.06. The molecule has 0 bridgehead atoms. The number of likely N-dealkylation sites (N-methyl/N-ethyl adjacent to an activating group) is 1. The summed E-state index contributed by atoms with van der Waals surface area (Å²) in [6.45, 7) is 4.09. The van der Waals surface area contributed by atoms with Gasteiger partial charge in [-0.05, 0) is 49.1 Å². The summed E-state index contributed by atoms with van der Waals surface area (Å²) in [7, 11) is 3.97. The van der Waals surface area contributed by atoms with Crippen LogP contribution in [0.1, 0.15) is 12.0 Å². The standard InChI is InChI=1S/C21H25FN3O2P/c1-23-8-3-9-24(11-10-23)16-5-7-21-25(14-16)20(26)13-19(28-21)15-4-6-18(27-2)17(22)12-15/h4-7,12-14,21,28H,3,8-11H2,1-2H3. The van der Waals surface area contributed by atoms with Crippen LogP contribution in [0.15, 0.2) is 48.3 Å². The average Bonchev–Trinajstić information content (AvgIpc) is 2.92. The van der Waals surface area contributed by atoms with Crippen molar-refractivity contribution in [3.8, 4) is 5.75 Å². The average molecular weight is 401 g/mol. The van der Waals surface area contributed by atoms with Crippen molar-refractivity contribution in [3.05, 3.63) is 59.7 Å². The number of methoxy groups -OCH3 is 1. The minimum absolute atomic E-state index is 0.00364. The second-order valence-corrected chi connectivity index (χ2v) is 8.72. The van der Waals surface area contributed by atoms with E-state index in [-0.39, 0.29) is 17.4 Å². The van der Waals surface area contributed by atoms with Gasteiger partial charge in [0.1, 0.15) is 0 Å². The molecule has 2 unspecified atom stereocenters. The molecule has 5 nitrogen and oxygen atoms in total. The Bertz CT molecular complexity index is 867. The smallest absolute Gasteiger partial charge is 0.252 e. The highest BCUT2D eigenvalue weighted by molar-refractivity contribution is 7.51. The van der Waals surface area contributed by atoms with Crippen molar-refractivity contribution in [1.29, 1.82) is 0 Å². The second-order valence-electron chi connectivity index (χ2n) is 7.30. The molecular formula is C21H25FN3O2P. The van der Waals surface area contributed by atoms with Gasteiger partial charge in [0, 0.05) is 31.9 Å². The molecule has 148 valence electrons. The number of hydrogen-bond acceptors (Lipinski definition) is 4. The van der Waals surface area contributed by atoms with Crippen LogP contribution in [0.25, 0.3) is 5.31 Å². The zero-order chi connectivity index (χ0) is 19.7. The van der Waals surface area contributed by atoms with E-state index in [0.29, 0.717) is 8.58 Å². The van der Waals surface area contributed by atoms with Gasteiger partial charge in [-0.1, -0.05) is 20.7 Å². The van der Waals surface area contributed by atoms with E-state index >= 15 is 0 Å². The van der Waals surface area contributed by atoms with Crippen LogP contribution in [0, 0.1) is 5.82 Å². The van der Waals surface area contributed by atoms with Crippen molar-refractivity contribution in [2.75, 3.05) is 40.3 Å². The van der Waals surface area contributed by atoms with Crippen LogP contribution in [0.4, 0.5) is 4.39 Å². The predicted octanol–water partition coefficient (Wildman–Crippen LogP) is 3.07. The molecule has 0 radical (unpaired) electrons. The summed E-state index contributed by atoms with van der Waals surface area (Å²) in [5.41, 5.74) is 1.83. The molecular weight excluding hydrogens is 376 g/mol. The normalized spacial score (nSPS) is 24.0. The number of hydrogen-bond donors (Lipinski definition) is 0. The maximum atomic E-state index is 14.1. The van der Waals surface area contributed by atoms with Gasteiger partial charge in [-0.2, -0.15) is 0 Å². The van der Waals surface area contributed by atoms with E-state index in [1.165, 1.54) is 13.2 Å². The summed E-state index contributed by atoms with van der Waals surface area (Å²) in [6, 6.07) is 4.87. The van der Waals surface area contributed by atoms with Crippen LogP contribution in [-0.4, -0.2) is 66.7 Å². The summed E-state index contributed by atoms with van der Waals surface area (Å²) in [6.07, 6.45) is 8.97. The zero-order valence-electron chi connectivity index (χ0n) is 16.2. The Kier molecular flexibility index (Phi) is 5.51. The van der Waals surface area contributed by atoms with Crippen molar-refractivity contribution in [2.24, 2.45) is 0 Å². The maximum Gasteiger partial charge on any atom is 0.252 e. The monoisotopic (exact) mass is 401 g/mol. The first-order valence-corrected chi connectivity index (χ1v) is 10.6. The number of fused-ring (bicyclic) bond motifs is 1. The van der Waals surface area contributed by atoms with Gasteiger partial charge in [-0.3, -0.25) is 4.79 Å². The Morgan fingerprint density at radius 3 is 2.86 bits per heavy atom. The molecule has 0 N–H and O–H groups in total. The van der Waals surface area contributed by atoms with Crippen LogP contribution in [0.2, 0.25) is 0 Å². The lowest BCUT2D eigenvalue weighted by Gasteiger charge is -2.36. The SMILES string of the molecule is COc1ccc(C2=CC(=O)N3C=C(N4CCCN(C)CC4)C=CC3P2)cc1F. The molecule has 2 atom stereocenters. The molecule has 0 saturated carbocycles. The van der Waals surface area contributed by atoms with Crippen LogP contribution >= 0.6 is 8.58 Å². The van der Waals surface area contributed by atoms with Crippen molar-refractivity contribution < 1.29 is 13.9 Å². The molecule has 3 aliphatic heterocycles.